The van der Waals surface area contributed by atoms with Crippen LogP contribution in [0.2, 0.25) is 0 Å². The number of aromatic carboxylic acids is 1. The van der Waals surface area contributed by atoms with Gasteiger partial charge >= 0.3 is 5.97 Å². The van der Waals surface area contributed by atoms with Gasteiger partial charge in [0.2, 0.25) is 5.89 Å². The number of pyridine rings is 1. The van der Waals surface area contributed by atoms with Crippen molar-refractivity contribution < 1.29 is 23.6 Å². The molecule has 0 radical (unpaired) electrons. The molecule has 1 aromatic carbocycles. The summed E-state index contributed by atoms with van der Waals surface area (Å²) in [6.45, 7) is 6.10. The lowest BCUT2D eigenvalue weighted by atomic mass is 10.1. The van der Waals surface area contributed by atoms with Gasteiger partial charge in [0.05, 0.1) is 24.0 Å². The molecule has 3 heterocycles. The van der Waals surface area contributed by atoms with Crippen LogP contribution in [0.1, 0.15) is 41.8 Å². The van der Waals surface area contributed by atoms with Gasteiger partial charge in [-0.25, -0.2) is 9.18 Å². The van der Waals surface area contributed by atoms with Crippen LogP contribution in [0, 0.1) is 5.82 Å². The minimum absolute atomic E-state index is 0.0393. The Labute approximate surface area is 172 Å². The van der Waals surface area contributed by atoms with Crippen molar-refractivity contribution in [2.24, 2.45) is 0 Å². The van der Waals surface area contributed by atoms with Gasteiger partial charge in [-0.1, -0.05) is 25.1 Å². The zero-order valence-corrected chi connectivity index (χ0v) is 16.6. The van der Waals surface area contributed by atoms with E-state index in [1.54, 1.807) is 18.3 Å². The summed E-state index contributed by atoms with van der Waals surface area (Å²) >= 11 is 0. The average molecular weight is 412 g/mol. The van der Waals surface area contributed by atoms with Gasteiger partial charge in [-0.2, -0.15) is 4.98 Å². The third-order valence-electron chi connectivity index (χ3n) is 4.82. The van der Waals surface area contributed by atoms with E-state index in [0.29, 0.717) is 35.3 Å². The normalized spacial score (nSPS) is 14.7. The van der Waals surface area contributed by atoms with Crippen LogP contribution in [0.15, 0.2) is 41.1 Å². The molecule has 0 atom stereocenters. The molecule has 156 valence electrons. The molecule has 9 heteroatoms. The Morgan fingerprint density at radius 1 is 1.33 bits per heavy atom. The molecule has 2 aromatic heterocycles. The molecular formula is C21H21FN4O4. The summed E-state index contributed by atoms with van der Waals surface area (Å²) in [6.07, 6.45) is 1.62. The van der Waals surface area contributed by atoms with Crippen molar-refractivity contribution in [3.05, 3.63) is 59.6 Å². The highest BCUT2D eigenvalue weighted by Crippen LogP contribution is 2.24. The number of aromatic nitrogens is 3. The first-order valence-corrected chi connectivity index (χ1v) is 9.60. The predicted molar refractivity (Wildman–Crippen MR) is 105 cm³/mol. The maximum atomic E-state index is 13.9. The molecule has 0 bridgehead atoms. The molecular weight excluding hydrogens is 391 g/mol. The Balaban J connectivity index is 1.30. The van der Waals surface area contributed by atoms with Gasteiger partial charge in [0, 0.05) is 24.6 Å². The number of benzene rings is 1. The zero-order chi connectivity index (χ0) is 21.3. The topological polar surface area (TPSA) is 102 Å². The van der Waals surface area contributed by atoms with E-state index in [9.17, 15) is 9.18 Å². The van der Waals surface area contributed by atoms with Gasteiger partial charge < -0.3 is 14.4 Å². The highest BCUT2D eigenvalue weighted by atomic mass is 19.1. The van der Waals surface area contributed by atoms with Gasteiger partial charge in [0.25, 0.3) is 0 Å². The van der Waals surface area contributed by atoms with Crippen LogP contribution < -0.4 is 4.74 Å². The molecule has 1 N–H and O–H groups in total. The van der Waals surface area contributed by atoms with Crippen LogP contribution in [0.3, 0.4) is 0 Å². The van der Waals surface area contributed by atoms with Gasteiger partial charge in [0.1, 0.15) is 17.7 Å². The van der Waals surface area contributed by atoms with Crippen molar-refractivity contribution >= 4 is 5.97 Å². The SMILES string of the molecule is CC(C)c1noc(CN2CC(Oc3ccc(-c4ccc(C(=O)O)c(F)c4)nc3)C2)n1. The van der Waals surface area contributed by atoms with Crippen molar-refractivity contribution in [1.82, 2.24) is 20.0 Å². The van der Waals surface area contributed by atoms with Crippen molar-refractivity contribution in [2.75, 3.05) is 13.1 Å². The van der Waals surface area contributed by atoms with Crippen molar-refractivity contribution in [1.29, 1.82) is 0 Å². The third kappa shape index (κ3) is 4.30. The molecule has 0 aliphatic carbocycles. The Kier molecular flexibility index (Phi) is 5.45. The fourth-order valence-electron chi connectivity index (χ4n) is 3.15. The largest absolute Gasteiger partial charge is 0.486 e. The number of nitrogens with zero attached hydrogens (tertiary/aromatic N) is 4. The van der Waals surface area contributed by atoms with Gasteiger partial charge in [-0.15, -0.1) is 0 Å². The van der Waals surface area contributed by atoms with E-state index in [1.165, 1.54) is 18.2 Å². The summed E-state index contributed by atoms with van der Waals surface area (Å²) in [5.74, 6) is 0.0671. The van der Waals surface area contributed by atoms with Crippen LogP contribution in [-0.4, -0.2) is 50.3 Å². The Bertz CT molecular complexity index is 1050. The zero-order valence-electron chi connectivity index (χ0n) is 16.6. The molecule has 8 nitrogen and oxygen atoms in total. The van der Waals surface area contributed by atoms with E-state index in [4.69, 9.17) is 14.4 Å². The summed E-state index contributed by atoms with van der Waals surface area (Å²) in [6, 6.07) is 7.41. The molecule has 1 aliphatic heterocycles. The predicted octanol–water partition coefficient (Wildman–Crippen LogP) is 3.36. The van der Waals surface area contributed by atoms with E-state index in [1.807, 2.05) is 13.8 Å². The second-order valence-corrected chi connectivity index (χ2v) is 7.51. The standard InChI is InChI=1S/C21H21FN4O4/c1-12(2)20-24-19(30-25-20)11-26-9-15(10-26)29-14-4-6-18(23-8-14)13-3-5-16(21(27)28)17(22)7-13/h3-8,12,15H,9-11H2,1-2H3,(H,27,28). The molecule has 1 fully saturated rings. The molecule has 3 aromatic rings. The minimum atomic E-state index is -1.30. The summed E-state index contributed by atoms with van der Waals surface area (Å²) in [7, 11) is 0. The Hall–Kier alpha value is -3.33. The second kappa shape index (κ2) is 8.19. The van der Waals surface area contributed by atoms with Crippen molar-refractivity contribution in [3.63, 3.8) is 0 Å². The average Bonchev–Trinajstić information content (AvgIpc) is 3.15. The number of carboxylic acid groups (broad SMARTS) is 1. The fourth-order valence-corrected chi connectivity index (χ4v) is 3.15. The first-order chi connectivity index (χ1) is 14.4. The van der Waals surface area contributed by atoms with Crippen LogP contribution in [0.25, 0.3) is 11.3 Å². The first-order valence-electron chi connectivity index (χ1n) is 9.60. The van der Waals surface area contributed by atoms with Crippen LogP contribution in [-0.2, 0) is 6.54 Å². The summed E-state index contributed by atoms with van der Waals surface area (Å²) < 4.78 is 25.0. The number of likely N-dealkylation sites (tertiary alicyclic amines) is 1. The Morgan fingerprint density at radius 3 is 2.73 bits per heavy atom. The van der Waals surface area contributed by atoms with Crippen molar-refractivity contribution in [2.45, 2.75) is 32.4 Å². The number of ether oxygens (including phenoxy) is 1. The van der Waals surface area contributed by atoms with Gasteiger partial charge in [-0.3, -0.25) is 9.88 Å². The van der Waals surface area contributed by atoms with Crippen molar-refractivity contribution in [3.8, 4) is 17.0 Å². The quantitative estimate of drug-likeness (QED) is 0.630. The number of hydrogen-bond donors (Lipinski definition) is 1. The smallest absolute Gasteiger partial charge is 0.338 e. The first kappa shape index (κ1) is 20.0. The molecule has 0 unspecified atom stereocenters. The number of halogens is 1. The van der Waals surface area contributed by atoms with E-state index in [2.05, 4.69) is 20.0 Å². The number of carboxylic acids is 1. The van der Waals surface area contributed by atoms with Gasteiger partial charge in [-0.05, 0) is 24.3 Å². The van der Waals surface area contributed by atoms with E-state index in [-0.39, 0.29) is 17.6 Å². The second-order valence-electron chi connectivity index (χ2n) is 7.51. The van der Waals surface area contributed by atoms with E-state index >= 15 is 0 Å². The van der Waals surface area contributed by atoms with Crippen LogP contribution in [0.4, 0.5) is 4.39 Å². The monoisotopic (exact) mass is 412 g/mol. The summed E-state index contributed by atoms with van der Waals surface area (Å²) in [5, 5.41) is 12.9. The lowest BCUT2D eigenvalue weighted by Crippen LogP contribution is -2.53. The molecule has 4 rings (SSSR count). The highest BCUT2D eigenvalue weighted by molar-refractivity contribution is 5.88. The molecule has 1 aliphatic rings. The van der Waals surface area contributed by atoms with Gasteiger partial charge in [0.15, 0.2) is 5.82 Å². The molecule has 1 saturated heterocycles. The maximum Gasteiger partial charge on any atom is 0.338 e. The number of rotatable bonds is 7. The molecule has 0 saturated carbocycles. The summed E-state index contributed by atoms with van der Waals surface area (Å²) in [4.78, 5) is 21.7. The van der Waals surface area contributed by atoms with E-state index in [0.717, 1.165) is 13.1 Å². The third-order valence-corrected chi connectivity index (χ3v) is 4.82. The fraction of sp³-hybridized carbons (Fsp3) is 0.333. The van der Waals surface area contributed by atoms with Crippen LogP contribution >= 0.6 is 0 Å². The number of carbonyl (C=O) groups is 1. The number of hydrogen-bond acceptors (Lipinski definition) is 7. The summed E-state index contributed by atoms with van der Waals surface area (Å²) in [5.41, 5.74) is 0.666. The lowest BCUT2D eigenvalue weighted by Gasteiger charge is -2.37. The maximum absolute atomic E-state index is 13.9. The highest BCUT2D eigenvalue weighted by Gasteiger charge is 2.30. The minimum Gasteiger partial charge on any atom is -0.486 e. The molecule has 0 spiro atoms. The molecule has 0 amide bonds. The lowest BCUT2D eigenvalue weighted by molar-refractivity contribution is 0.00844. The molecule has 30 heavy (non-hydrogen) atoms. The Morgan fingerprint density at radius 2 is 2.13 bits per heavy atom. The van der Waals surface area contributed by atoms with E-state index < -0.39 is 11.8 Å². The van der Waals surface area contributed by atoms with Crippen LogP contribution in [0.5, 0.6) is 5.75 Å².